The average molecular weight is 188 g/mol. The molecule has 0 aliphatic heterocycles. The van der Waals surface area contributed by atoms with E-state index in [2.05, 4.69) is 20.8 Å². The van der Waals surface area contributed by atoms with Crippen molar-refractivity contribution in [2.45, 2.75) is 64.6 Å². The summed E-state index contributed by atoms with van der Waals surface area (Å²) in [6, 6.07) is 0. The van der Waals surface area contributed by atoms with Gasteiger partial charge in [0.05, 0.1) is 11.7 Å². The highest BCUT2D eigenvalue weighted by atomic mass is 16.5. The first-order valence-electron chi connectivity index (χ1n) is 5.25. The average Bonchev–Trinajstić information content (AvgIpc) is 2.05. The molecule has 80 valence electrons. The van der Waals surface area contributed by atoms with Gasteiger partial charge >= 0.3 is 0 Å². The van der Waals surface area contributed by atoms with Crippen molar-refractivity contribution in [2.24, 2.45) is 0 Å². The summed E-state index contributed by atoms with van der Waals surface area (Å²) >= 11 is 0. The van der Waals surface area contributed by atoms with Gasteiger partial charge in [0.25, 0.3) is 0 Å². The standard InChI is InChI=1S/C11H24O2/c1-5-7-10(12)8-6-9-11(2,3)13-4/h10,12H,5-9H2,1-4H3. The molecular formula is C11H24O2. The lowest BCUT2D eigenvalue weighted by Gasteiger charge is -2.23. The summed E-state index contributed by atoms with van der Waals surface area (Å²) in [5.74, 6) is 0. The topological polar surface area (TPSA) is 29.5 Å². The zero-order chi connectivity index (χ0) is 10.3. The number of aliphatic hydroxyl groups is 1. The summed E-state index contributed by atoms with van der Waals surface area (Å²) in [6.07, 6.45) is 4.84. The van der Waals surface area contributed by atoms with Crippen molar-refractivity contribution in [1.82, 2.24) is 0 Å². The molecule has 1 N–H and O–H groups in total. The Morgan fingerprint density at radius 2 is 1.92 bits per heavy atom. The summed E-state index contributed by atoms with van der Waals surface area (Å²) in [5, 5.41) is 9.48. The molecule has 0 aromatic carbocycles. The molecule has 1 unspecified atom stereocenters. The van der Waals surface area contributed by atoms with Gasteiger partial charge in [-0.15, -0.1) is 0 Å². The highest BCUT2D eigenvalue weighted by molar-refractivity contribution is 4.68. The first-order chi connectivity index (χ1) is 6.02. The molecule has 2 heteroatoms. The van der Waals surface area contributed by atoms with Crippen LogP contribution in [0.2, 0.25) is 0 Å². The zero-order valence-corrected chi connectivity index (χ0v) is 9.47. The van der Waals surface area contributed by atoms with E-state index in [9.17, 15) is 5.11 Å². The Bertz CT molecular complexity index is 121. The van der Waals surface area contributed by atoms with Gasteiger partial charge in [-0.2, -0.15) is 0 Å². The highest BCUT2D eigenvalue weighted by Crippen LogP contribution is 2.18. The maximum Gasteiger partial charge on any atom is 0.0622 e. The second kappa shape index (κ2) is 6.39. The van der Waals surface area contributed by atoms with Crippen molar-refractivity contribution < 1.29 is 9.84 Å². The van der Waals surface area contributed by atoms with Gasteiger partial charge in [-0.3, -0.25) is 0 Å². The van der Waals surface area contributed by atoms with E-state index in [1.54, 1.807) is 7.11 Å². The Hall–Kier alpha value is -0.0800. The van der Waals surface area contributed by atoms with Crippen molar-refractivity contribution in [1.29, 1.82) is 0 Å². The molecule has 0 heterocycles. The molecule has 0 saturated heterocycles. The first-order valence-corrected chi connectivity index (χ1v) is 5.25. The summed E-state index contributed by atoms with van der Waals surface area (Å²) in [6.45, 7) is 6.26. The van der Waals surface area contributed by atoms with Gasteiger partial charge in [0, 0.05) is 7.11 Å². The fourth-order valence-electron chi connectivity index (χ4n) is 1.34. The lowest BCUT2D eigenvalue weighted by Crippen LogP contribution is -2.22. The Labute approximate surface area is 82.3 Å². The van der Waals surface area contributed by atoms with Crippen LogP contribution in [-0.4, -0.2) is 23.9 Å². The molecule has 0 saturated carbocycles. The van der Waals surface area contributed by atoms with Crippen molar-refractivity contribution >= 4 is 0 Å². The summed E-state index contributed by atoms with van der Waals surface area (Å²) < 4.78 is 5.30. The Kier molecular flexibility index (Phi) is 6.35. The third-order valence-electron chi connectivity index (χ3n) is 2.49. The molecule has 0 aromatic rings. The fourth-order valence-corrected chi connectivity index (χ4v) is 1.34. The predicted molar refractivity (Wildman–Crippen MR) is 55.9 cm³/mol. The fraction of sp³-hybridized carbons (Fsp3) is 1.00. The van der Waals surface area contributed by atoms with Crippen LogP contribution in [0.15, 0.2) is 0 Å². The molecule has 0 aliphatic rings. The van der Waals surface area contributed by atoms with Gasteiger partial charge < -0.3 is 9.84 Å². The van der Waals surface area contributed by atoms with Crippen molar-refractivity contribution in [2.75, 3.05) is 7.11 Å². The van der Waals surface area contributed by atoms with Crippen molar-refractivity contribution in [3.63, 3.8) is 0 Å². The molecule has 0 aliphatic carbocycles. The van der Waals surface area contributed by atoms with Crippen LogP contribution < -0.4 is 0 Å². The monoisotopic (exact) mass is 188 g/mol. The molecule has 0 rings (SSSR count). The van der Waals surface area contributed by atoms with Gasteiger partial charge in [-0.05, 0) is 39.5 Å². The van der Waals surface area contributed by atoms with E-state index in [-0.39, 0.29) is 11.7 Å². The lowest BCUT2D eigenvalue weighted by molar-refractivity contribution is 0.0104. The Morgan fingerprint density at radius 3 is 2.38 bits per heavy atom. The van der Waals surface area contributed by atoms with Crippen LogP contribution in [0.25, 0.3) is 0 Å². The largest absolute Gasteiger partial charge is 0.393 e. The first kappa shape index (κ1) is 12.9. The van der Waals surface area contributed by atoms with Gasteiger partial charge in [0.2, 0.25) is 0 Å². The Balaban J connectivity index is 3.44. The number of hydrogen-bond donors (Lipinski definition) is 1. The Morgan fingerprint density at radius 1 is 1.31 bits per heavy atom. The summed E-state index contributed by atoms with van der Waals surface area (Å²) in [4.78, 5) is 0. The number of methoxy groups -OCH3 is 1. The molecule has 2 nitrogen and oxygen atoms in total. The molecule has 0 radical (unpaired) electrons. The zero-order valence-electron chi connectivity index (χ0n) is 9.47. The third-order valence-corrected chi connectivity index (χ3v) is 2.49. The smallest absolute Gasteiger partial charge is 0.0622 e. The van der Waals surface area contributed by atoms with Gasteiger partial charge in [-0.1, -0.05) is 13.3 Å². The molecule has 0 amide bonds. The van der Waals surface area contributed by atoms with Gasteiger partial charge in [0.15, 0.2) is 0 Å². The summed E-state index contributed by atoms with van der Waals surface area (Å²) in [7, 11) is 1.74. The highest BCUT2D eigenvalue weighted by Gasteiger charge is 2.16. The minimum atomic E-state index is -0.113. The molecule has 0 bridgehead atoms. The maximum atomic E-state index is 9.48. The van der Waals surface area contributed by atoms with Crippen LogP contribution in [-0.2, 0) is 4.74 Å². The second-order valence-electron chi connectivity index (χ2n) is 4.30. The normalized spacial score (nSPS) is 14.5. The van der Waals surface area contributed by atoms with Gasteiger partial charge in [0.1, 0.15) is 0 Å². The van der Waals surface area contributed by atoms with Crippen molar-refractivity contribution in [3.8, 4) is 0 Å². The van der Waals surface area contributed by atoms with Crippen LogP contribution in [0.5, 0.6) is 0 Å². The lowest BCUT2D eigenvalue weighted by atomic mass is 9.98. The van der Waals surface area contributed by atoms with Gasteiger partial charge in [-0.25, -0.2) is 0 Å². The minimum Gasteiger partial charge on any atom is -0.393 e. The third kappa shape index (κ3) is 7.03. The quantitative estimate of drug-likeness (QED) is 0.665. The summed E-state index contributed by atoms with van der Waals surface area (Å²) in [5.41, 5.74) is -0.0358. The minimum absolute atomic E-state index is 0.0358. The van der Waals surface area contributed by atoms with E-state index < -0.39 is 0 Å². The van der Waals surface area contributed by atoms with Crippen LogP contribution in [0.4, 0.5) is 0 Å². The maximum absolute atomic E-state index is 9.48. The number of rotatable bonds is 7. The van der Waals surface area contributed by atoms with Crippen LogP contribution in [0.1, 0.15) is 52.9 Å². The van der Waals surface area contributed by atoms with E-state index in [4.69, 9.17) is 4.74 Å². The predicted octanol–water partition coefficient (Wildman–Crippen LogP) is 2.74. The van der Waals surface area contributed by atoms with E-state index in [0.29, 0.717) is 0 Å². The molecule has 0 fully saturated rings. The van der Waals surface area contributed by atoms with Crippen LogP contribution in [0.3, 0.4) is 0 Å². The molecule has 13 heavy (non-hydrogen) atoms. The molecule has 1 atom stereocenters. The van der Waals surface area contributed by atoms with E-state index in [0.717, 1.165) is 32.1 Å². The van der Waals surface area contributed by atoms with Crippen LogP contribution >= 0.6 is 0 Å². The molecular weight excluding hydrogens is 164 g/mol. The molecule has 0 spiro atoms. The van der Waals surface area contributed by atoms with E-state index in [1.807, 2.05) is 0 Å². The number of aliphatic hydroxyl groups excluding tert-OH is 1. The second-order valence-corrected chi connectivity index (χ2v) is 4.30. The van der Waals surface area contributed by atoms with Crippen molar-refractivity contribution in [3.05, 3.63) is 0 Å². The molecule has 0 aromatic heterocycles. The number of ether oxygens (including phenoxy) is 1. The van der Waals surface area contributed by atoms with E-state index >= 15 is 0 Å². The number of hydrogen-bond acceptors (Lipinski definition) is 2. The van der Waals surface area contributed by atoms with Crippen LogP contribution in [0, 0.1) is 0 Å². The van der Waals surface area contributed by atoms with E-state index in [1.165, 1.54) is 0 Å². The SMILES string of the molecule is CCCC(O)CCCC(C)(C)OC.